The lowest BCUT2D eigenvalue weighted by atomic mass is 10.1. The molecule has 3 heteroatoms. The highest BCUT2D eigenvalue weighted by Gasteiger charge is 2.06. The second kappa shape index (κ2) is 4.10. The average molecular weight is 217 g/mol. The van der Waals surface area contributed by atoms with Gasteiger partial charge in [-0.3, -0.25) is 0 Å². The maximum Gasteiger partial charge on any atom is 0.216 e. The third kappa shape index (κ3) is 1.86. The van der Waals surface area contributed by atoms with Crippen LogP contribution in [0.2, 0.25) is 0 Å². The molecule has 0 radical (unpaired) electrons. The molecule has 16 heavy (non-hydrogen) atoms. The van der Waals surface area contributed by atoms with Crippen LogP contribution in [0, 0.1) is 6.92 Å². The molecule has 1 unspecified atom stereocenters. The van der Waals surface area contributed by atoms with Crippen molar-refractivity contribution in [1.82, 2.24) is 4.98 Å². The molecule has 1 aromatic heterocycles. The number of aliphatic hydroxyl groups excluding tert-OH is 1. The molecule has 0 fully saturated rings. The fourth-order valence-electron chi connectivity index (χ4n) is 1.74. The Bertz CT molecular complexity index is 521. The van der Waals surface area contributed by atoms with E-state index < -0.39 is 6.10 Å². The summed E-state index contributed by atoms with van der Waals surface area (Å²) in [6.07, 6.45) is -0.474. The SMILES string of the molecule is COc1nc2cc(C(C)O)ccc2cc1C. The van der Waals surface area contributed by atoms with Crippen LogP contribution in [0.25, 0.3) is 10.9 Å². The minimum Gasteiger partial charge on any atom is -0.481 e. The molecule has 1 N–H and O–H groups in total. The number of benzene rings is 1. The first-order valence-corrected chi connectivity index (χ1v) is 5.25. The number of fused-ring (bicyclic) bond motifs is 1. The van der Waals surface area contributed by atoms with E-state index in [1.165, 1.54) is 0 Å². The second-order valence-electron chi connectivity index (χ2n) is 3.94. The number of nitrogens with zero attached hydrogens (tertiary/aromatic N) is 1. The summed E-state index contributed by atoms with van der Waals surface area (Å²) in [5, 5.41) is 10.6. The van der Waals surface area contributed by atoms with Crippen LogP contribution >= 0.6 is 0 Å². The Morgan fingerprint density at radius 3 is 2.69 bits per heavy atom. The minimum atomic E-state index is -0.474. The molecule has 2 aromatic rings. The van der Waals surface area contributed by atoms with E-state index in [0.29, 0.717) is 5.88 Å². The lowest BCUT2D eigenvalue weighted by molar-refractivity contribution is 0.199. The lowest BCUT2D eigenvalue weighted by Gasteiger charge is -2.08. The van der Waals surface area contributed by atoms with E-state index in [-0.39, 0.29) is 0 Å². The molecule has 0 aliphatic rings. The molecule has 0 saturated heterocycles. The largest absolute Gasteiger partial charge is 0.481 e. The molecule has 0 saturated carbocycles. The molecule has 1 atom stereocenters. The zero-order valence-corrected chi connectivity index (χ0v) is 9.69. The van der Waals surface area contributed by atoms with Crippen molar-refractivity contribution in [2.75, 3.05) is 7.11 Å². The summed E-state index contributed by atoms with van der Waals surface area (Å²) in [4.78, 5) is 4.40. The van der Waals surface area contributed by atoms with Crippen molar-refractivity contribution in [3.05, 3.63) is 35.4 Å². The number of hydrogen-bond donors (Lipinski definition) is 1. The van der Waals surface area contributed by atoms with E-state index in [1.54, 1.807) is 14.0 Å². The smallest absolute Gasteiger partial charge is 0.216 e. The number of pyridine rings is 1. The number of aryl methyl sites for hydroxylation is 1. The molecule has 0 amide bonds. The van der Waals surface area contributed by atoms with E-state index in [9.17, 15) is 5.11 Å². The minimum absolute atomic E-state index is 0.474. The lowest BCUT2D eigenvalue weighted by Crippen LogP contribution is -1.94. The molecule has 2 rings (SSSR count). The van der Waals surface area contributed by atoms with Gasteiger partial charge in [-0.1, -0.05) is 12.1 Å². The monoisotopic (exact) mass is 217 g/mol. The number of aliphatic hydroxyl groups is 1. The maximum atomic E-state index is 9.51. The highest BCUT2D eigenvalue weighted by Crippen LogP contribution is 2.24. The van der Waals surface area contributed by atoms with E-state index in [1.807, 2.05) is 31.2 Å². The zero-order chi connectivity index (χ0) is 11.7. The Labute approximate surface area is 94.7 Å². The van der Waals surface area contributed by atoms with Crippen LogP contribution in [-0.4, -0.2) is 17.2 Å². The molecular formula is C13H15NO2. The highest BCUT2D eigenvalue weighted by atomic mass is 16.5. The normalized spacial score (nSPS) is 12.8. The Kier molecular flexibility index (Phi) is 2.79. The Morgan fingerprint density at radius 2 is 2.06 bits per heavy atom. The van der Waals surface area contributed by atoms with E-state index in [2.05, 4.69) is 4.98 Å². The van der Waals surface area contributed by atoms with Gasteiger partial charge >= 0.3 is 0 Å². The number of rotatable bonds is 2. The average Bonchev–Trinajstić information content (AvgIpc) is 2.27. The number of ether oxygens (including phenoxy) is 1. The molecule has 0 spiro atoms. The first-order chi connectivity index (χ1) is 7.61. The van der Waals surface area contributed by atoms with Crippen molar-refractivity contribution in [2.24, 2.45) is 0 Å². The van der Waals surface area contributed by atoms with Crippen molar-refractivity contribution < 1.29 is 9.84 Å². The predicted octanol–water partition coefficient (Wildman–Crippen LogP) is 2.61. The van der Waals surface area contributed by atoms with Crippen LogP contribution in [0.5, 0.6) is 5.88 Å². The number of hydrogen-bond acceptors (Lipinski definition) is 3. The third-order valence-electron chi connectivity index (χ3n) is 2.66. The summed E-state index contributed by atoms with van der Waals surface area (Å²) >= 11 is 0. The summed E-state index contributed by atoms with van der Waals surface area (Å²) in [5.41, 5.74) is 2.73. The summed E-state index contributed by atoms with van der Waals surface area (Å²) in [6.45, 7) is 3.71. The van der Waals surface area contributed by atoms with Gasteiger partial charge < -0.3 is 9.84 Å². The van der Waals surface area contributed by atoms with E-state index in [4.69, 9.17) is 4.74 Å². The van der Waals surface area contributed by atoms with Crippen molar-refractivity contribution in [2.45, 2.75) is 20.0 Å². The van der Waals surface area contributed by atoms with Crippen molar-refractivity contribution in [3.63, 3.8) is 0 Å². The highest BCUT2D eigenvalue weighted by molar-refractivity contribution is 5.80. The fourth-order valence-corrected chi connectivity index (χ4v) is 1.74. The molecule has 0 bridgehead atoms. The van der Waals surface area contributed by atoms with Crippen LogP contribution in [0.15, 0.2) is 24.3 Å². The topological polar surface area (TPSA) is 42.4 Å². The molecule has 0 aliphatic carbocycles. The first-order valence-electron chi connectivity index (χ1n) is 5.25. The Morgan fingerprint density at radius 1 is 1.31 bits per heavy atom. The fraction of sp³-hybridized carbons (Fsp3) is 0.308. The summed E-state index contributed by atoms with van der Waals surface area (Å²) in [7, 11) is 1.61. The molecule has 3 nitrogen and oxygen atoms in total. The predicted molar refractivity (Wildman–Crippen MR) is 63.7 cm³/mol. The first kappa shape index (κ1) is 10.9. The van der Waals surface area contributed by atoms with E-state index in [0.717, 1.165) is 22.0 Å². The van der Waals surface area contributed by atoms with Crippen molar-refractivity contribution >= 4 is 10.9 Å². The second-order valence-corrected chi connectivity index (χ2v) is 3.94. The van der Waals surface area contributed by atoms with Gasteiger partial charge in [0.15, 0.2) is 0 Å². The van der Waals surface area contributed by atoms with Gasteiger partial charge in [-0.25, -0.2) is 4.98 Å². The van der Waals surface area contributed by atoms with E-state index >= 15 is 0 Å². The van der Waals surface area contributed by atoms with Gasteiger partial charge in [0, 0.05) is 10.9 Å². The molecule has 84 valence electrons. The molecular weight excluding hydrogens is 202 g/mol. The van der Waals surface area contributed by atoms with Gasteiger partial charge in [-0.15, -0.1) is 0 Å². The quantitative estimate of drug-likeness (QED) is 0.840. The van der Waals surface area contributed by atoms with Crippen LogP contribution in [0.3, 0.4) is 0 Å². The van der Waals surface area contributed by atoms with Gasteiger partial charge in [0.25, 0.3) is 0 Å². The van der Waals surface area contributed by atoms with Gasteiger partial charge in [0.2, 0.25) is 5.88 Å². The molecule has 1 aromatic carbocycles. The molecule has 0 aliphatic heterocycles. The summed E-state index contributed by atoms with van der Waals surface area (Å²) in [5.74, 6) is 0.634. The van der Waals surface area contributed by atoms with Gasteiger partial charge in [-0.05, 0) is 31.5 Å². The number of methoxy groups -OCH3 is 1. The van der Waals surface area contributed by atoms with Crippen LogP contribution in [-0.2, 0) is 0 Å². The Balaban J connectivity index is 2.63. The standard InChI is InChI=1S/C13H15NO2/c1-8-6-11-5-4-10(9(2)15)7-12(11)14-13(8)16-3/h4-7,9,15H,1-3H3. The van der Waals surface area contributed by atoms with Gasteiger partial charge in [-0.2, -0.15) is 0 Å². The molecule has 1 heterocycles. The zero-order valence-electron chi connectivity index (χ0n) is 9.69. The maximum absolute atomic E-state index is 9.51. The van der Waals surface area contributed by atoms with Crippen molar-refractivity contribution in [1.29, 1.82) is 0 Å². The summed E-state index contributed by atoms with van der Waals surface area (Å²) < 4.78 is 5.18. The van der Waals surface area contributed by atoms with Gasteiger partial charge in [0.05, 0.1) is 18.7 Å². The third-order valence-corrected chi connectivity index (χ3v) is 2.66. The van der Waals surface area contributed by atoms with Crippen LogP contribution < -0.4 is 4.74 Å². The van der Waals surface area contributed by atoms with Crippen LogP contribution in [0.4, 0.5) is 0 Å². The van der Waals surface area contributed by atoms with Gasteiger partial charge in [0.1, 0.15) is 0 Å². The summed E-state index contributed by atoms with van der Waals surface area (Å²) in [6, 6.07) is 7.81. The Hall–Kier alpha value is -1.61. The van der Waals surface area contributed by atoms with Crippen LogP contribution in [0.1, 0.15) is 24.2 Å². The van der Waals surface area contributed by atoms with Crippen molar-refractivity contribution in [3.8, 4) is 5.88 Å². The number of aromatic nitrogens is 1.